The third-order valence-corrected chi connectivity index (χ3v) is 2.64. The van der Waals surface area contributed by atoms with Crippen LogP contribution in [0.2, 0.25) is 0 Å². The van der Waals surface area contributed by atoms with Crippen LogP contribution in [0.25, 0.3) is 0 Å². The Kier molecular flexibility index (Phi) is 6.65. The smallest absolute Gasteiger partial charge is 0.327 e. The number of ether oxygens (including phenoxy) is 1. The van der Waals surface area contributed by atoms with Crippen LogP contribution >= 0.6 is 0 Å². The minimum Gasteiger partial charge on any atom is -0.382 e. The molecule has 98 valence electrons. The van der Waals surface area contributed by atoms with E-state index in [1.165, 1.54) is 0 Å². The number of imidazole rings is 1. The molecule has 1 heterocycles. The summed E-state index contributed by atoms with van der Waals surface area (Å²) in [5, 5.41) is 3.32. The van der Waals surface area contributed by atoms with E-state index in [1.54, 1.807) is 22.4 Å². The molecular weight excluding hydrogens is 218 g/mol. The van der Waals surface area contributed by atoms with Gasteiger partial charge in [-0.25, -0.2) is 4.79 Å². The normalized spacial score (nSPS) is 10.9. The van der Waals surface area contributed by atoms with Crippen molar-refractivity contribution >= 4 is 0 Å². The van der Waals surface area contributed by atoms with Crippen LogP contribution in [0.3, 0.4) is 0 Å². The number of rotatable bonds is 9. The van der Waals surface area contributed by atoms with Gasteiger partial charge in [0.2, 0.25) is 0 Å². The minimum atomic E-state index is 0.0446. The van der Waals surface area contributed by atoms with Crippen molar-refractivity contribution in [1.82, 2.24) is 14.5 Å². The van der Waals surface area contributed by atoms with Crippen LogP contribution in [0.15, 0.2) is 17.2 Å². The van der Waals surface area contributed by atoms with Gasteiger partial charge in [0.25, 0.3) is 0 Å². The summed E-state index contributed by atoms with van der Waals surface area (Å²) in [6.45, 7) is 6.19. The van der Waals surface area contributed by atoms with E-state index in [-0.39, 0.29) is 5.69 Å². The van der Waals surface area contributed by atoms with Gasteiger partial charge in [-0.3, -0.25) is 4.57 Å². The highest BCUT2D eigenvalue weighted by molar-refractivity contribution is 4.79. The van der Waals surface area contributed by atoms with Gasteiger partial charge in [-0.1, -0.05) is 0 Å². The van der Waals surface area contributed by atoms with Crippen molar-refractivity contribution < 1.29 is 4.74 Å². The molecule has 0 unspecified atom stereocenters. The third kappa shape index (κ3) is 5.19. The fourth-order valence-electron chi connectivity index (χ4n) is 1.60. The Labute approximate surface area is 102 Å². The van der Waals surface area contributed by atoms with Gasteiger partial charge in [0.15, 0.2) is 0 Å². The van der Waals surface area contributed by atoms with Crippen LogP contribution in [0.1, 0.15) is 19.8 Å². The summed E-state index contributed by atoms with van der Waals surface area (Å²) >= 11 is 0. The minimum absolute atomic E-state index is 0.0446. The second-order valence-corrected chi connectivity index (χ2v) is 4.04. The van der Waals surface area contributed by atoms with E-state index in [0.717, 1.165) is 45.7 Å². The zero-order valence-corrected chi connectivity index (χ0v) is 10.8. The van der Waals surface area contributed by atoms with Crippen LogP contribution in [-0.4, -0.2) is 35.4 Å². The molecule has 0 aliphatic heterocycles. The Morgan fingerprint density at radius 2 is 2.12 bits per heavy atom. The second-order valence-electron chi connectivity index (χ2n) is 4.04. The van der Waals surface area contributed by atoms with E-state index >= 15 is 0 Å². The highest BCUT2D eigenvalue weighted by Gasteiger charge is 1.98. The summed E-state index contributed by atoms with van der Waals surface area (Å²) < 4.78 is 8.55. The first-order chi connectivity index (χ1) is 8.25. The number of nitrogens with zero attached hydrogens (tertiary/aromatic N) is 2. The highest BCUT2D eigenvalue weighted by Crippen LogP contribution is 1.88. The lowest BCUT2D eigenvalue weighted by atomic mass is 10.3. The SMILES string of the molecule is CCOCCCCNCCn1ccn(C)c1=O. The molecule has 17 heavy (non-hydrogen) atoms. The monoisotopic (exact) mass is 241 g/mol. The van der Waals surface area contributed by atoms with E-state index in [2.05, 4.69) is 5.32 Å². The number of hydrogen-bond acceptors (Lipinski definition) is 3. The van der Waals surface area contributed by atoms with Crippen LogP contribution < -0.4 is 11.0 Å². The molecule has 1 aromatic heterocycles. The van der Waals surface area contributed by atoms with E-state index in [9.17, 15) is 4.79 Å². The van der Waals surface area contributed by atoms with Gasteiger partial charge in [-0.05, 0) is 26.3 Å². The van der Waals surface area contributed by atoms with Gasteiger partial charge in [0.05, 0.1) is 0 Å². The lowest BCUT2D eigenvalue weighted by molar-refractivity contribution is 0.143. The average Bonchev–Trinajstić information content (AvgIpc) is 2.64. The molecule has 1 aromatic rings. The molecule has 1 N–H and O–H groups in total. The lowest BCUT2D eigenvalue weighted by Crippen LogP contribution is -2.28. The van der Waals surface area contributed by atoms with Crippen molar-refractivity contribution in [1.29, 1.82) is 0 Å². The first-order valence-corrected chi connectivity index (χ1v) is 6.26. The Morgan fingerprint density at radius 3 is 2.76 bits per heavy atom. The number of aromatic nitrogens is 2. The van der Waals surface area contributed by atoms with Crippen LogP contribution in [0, 0.1) is 0 Å². The first kappa shape index (κ1) is 14.0. The van der Waals surface area contributed by atoms with Gasteiger partial charge < -0.3 is 14.6 Å². The fraction of sp³-hybridized carbons (Fsp3) is 0.750. The number of aryl methyl sites for hydroxylation is 1. The molecule has 0 aliphatic carbocycles. The van der Waals surface area contributed by atoms with Crippen molar-refractivity contribution in [2.75, 3.05) is 26.3 Å². The molecule has 0 atom stereocenters. The molecule has 0 saturated heterocycles. The molecule has 0 spiro atoms. The van der Waals surface area contributed by atoms with Gasteiger partial charge in [-0.15, -0.1) is 0 Å². The van der Waals surface area contributed by atoms with Gasteiger partial charge in [-0.2, -0.15) is 0 Å². The van der Waals surface area contributed by atoms with E-state index < -0.39 is 0 Å². The highest BCUT2D eigenvalue weighted by atomic mass is 16.5. The maximum absolute atomic E-state index is 11.5. The average molecular weight is 241 g/mol. The third-order valence-electron chi connectivity index (χ3n) is 2.64. The Balaban J connectivity index is 2.01. The van der Waals surface area contributed by atoms with Crippen LogP contribution in [0.4, 0.5) is 0 Å². The molecule has 5 nitrogen and oxygen atoms in total. The van der Waals surface area contributed by atoms with Crippen molar-refractivity contribution in [2.24, 2.45) is 7.05 Å². The maximum atomic E-state index is 11.5. The van der Waals surface area contributed by atoms with Crippen molar-refractivity contribution in [3.63, 3.8) is 0 Å². The Morgan fingerprint density at radius 1 is 1.29 bits per heavy atom. The standard InChI is InChI=1S/C12H23N3O2/c1-3-17-11-5-4-6-13-7-8-15-10-9-14(2)12(15)16/h9-10,13H,3-8,11H2,1-2H3. The second kappa shape index (κ2) is 8.08. The van der Waals surface area contributed by atoms with Gasteiger partial charge >= 0.3 is 5.69 Å². The van der Waals surface area contributed by atoms with Crippen molar-refractivity contribution in [3.05, 3.63) is 22.9 Å². The predicted octanol–water partition coefficient (Wildman–Crippen LogP) is 0.593. The number of unbranched alkanes of at least 4 members (excludes halogenated alkanes) is 1. The summed E-state index contributed by atoms with van der Waals surface area (Å²) in [5.41, 5.74) is 0.0446. The van der Waals surface area contributed by atoms with E-state index in [4.69, 9.17) is 4.74 Å². The topological polar surface area (TPSA) is 48.2 Å². The zero-order chi connectivity index (χ0) is 12.5. The molecule has 0 radical (unpaired) electrons. The maximum Gasteiger partial charge on any atom is 0.327 e. The summed E-state index contributed by atoms with van der Waals surface area (Å²) in [7, 11) is 1.76. The fourth-order valence-corrected chi connectivity index (χ4v) is 1.60. The summed E-state index contributed by atoms with van der Waals surface area (Å²) in [6.07, 6.45) is 5.80. The molecule has 0 aromatic carbocycles. The van der Waals surface area contributed by atoms with E-state index in [1.807, 2.05) is 13.1 Å². The summed E-state index contributed by atoms with van der Waals surface area (Å²) in [4.78, 5) is 11.5. The summed E-state index contributed by atoms with van der Waals surface area (Å²) in [5.74, 6) is 0. The number of hydrogen-bond donors (Lipinski definition) is 1. The molecule has 0 aliphatic rings. The Hall–Kier alpha value is -1.07. The molecular formula is C12H23N3O2. The molecule has 5 heteroatoms. The Bertz CT molecular complexity index is 357. The first-order valence-electron chi connectivity index (χ1n) is 6.26. The molecule has 0 amide bonds. The van der Waals surface area contributed by atoms with Crippen molar-refractivity contribution in [3.8, 4) is 0 Å². The van der Waals surface area contributed by atoms with Gasteiger partial charge in [0, 0.05) is 45.7 Å². The zero-order valence-electron chi connectivity index (χ0n) is 10.8. The van der Waals surface area contributed by atoms with E-state index in [0.29, 0.717) is 0 Å². The van der Waals surface area contributed by atoms with Crippen molar-refractivity contribution in [2.45, 2.75) is 26.3 Å². The molecule has 1 rings (SSSR count). The van der Waals surface area contributed by atoms with Gasteiger partial charge in [0.1, 0.15) is 0 Å². The quantitative estimate of drug-likeness (QED) is 0.644. The summed E-state index contributed by atoms with van der Waals surface area (Å²) in [6, 6.07) is 0. The molecule has 0 bridgehead atoms. The lowest BCUT2D eigenvalue weighted by Gasteiger charge is -2.05. The predicted molar refractivity (Wildman–Crippen MR) is 68.3 cm³/mol. The van der Waals surface area contributed by atoms with Crippen LogP contribution in [0.5, 0.6) is 0 Å². The largest absolute Gasteiger partial charge is 0.382 e. The van der Waals surface area contributed by atoms with Crippen LogP contribution in [-0.2, 0) is 18.3 Å². The number of nitrogens with one attached hydrogen (secondary N) is 1. The molecule has 0 fully saturated rings. The molecule has 0 saturated carbocycles.